The molecule has 4 heteroatoms. The van der Waals surface area contributed by atoms with E-state index in [0.29, 0.717) is 0 Å². The number of rotatable bonds is 2. The Morgan fingerprint density at radius 3 is 2.12 bits per heavy atom. The van der Waals surface area contributed by atoms with E-state index >= 15 is 0 Å². The molecule has 0 aromatic carbocycles. The Morgan fingerprint density at radius 1 is 1.50 bits per heavy atom. The van der Waals surface area contributed by atoms with E-state index in [9.17, 15) is 14.7 Å². The fraction of sp³-hybridized carbons (Fsp3) is 0.500. The molecule has 0 amide bonds. The highest BCUT2D eigenvalue weighted by atomic mass is 16.5. The van der Waals surface area contributed by atoms with Crippen LogP contribution in [-0.2, 0) is 19.4 Å². The molecule has 0 atom stereocenters. The lowest BCUT2D eigenvalue weighted by Crippen LogP contribution is -2.08. The highest BCUT2D eigenvalue weighted by Crippen LogP contribution is 1.74. The third-order valence-corrected chi connectivity index (χ3v) is 0.393. The van der Waals surface area contributed by atoms with E-state index < -0.39 is 18.5 Å². The van der Waals surface area contributed by atoms with E-state index in [4.69, 9.17) is 0 Å². The van der Waals surface area contributed by atoms with Crippen molar-refractivity contribution in [3.05, 3.63) is 0 Å². The van der Waals surface area contributed by atoms with Crippen LogP contribution >= 0.6 is 0 Å². The molecule has 0 aromatic rings. The zero-order valence-electron chi connectivity index (χ0n) is 4.34. The first-order chi connectivity index (χ1) is 3.63. The summed E-state index contributed by atoms with van der Waals surface area (Å²) in [6.07, 6.45) is 0. The molecule has 45 valence electrons. The van der Waals surface area contributed by atoms with E-state index in [-0.39, 0.29) is 0 Å². The Hall–Kier alpha value is -1.06. The van der Waals surface area contributed by atoms with Gasteiger partial charge >= 0.3 is 11.9 Å². The average Bonchev–Trinajstić information content (AvgIpc) is 1.61. The topological polar surface area (TPSA) is 63.3 Å². The summed E-state index contributed by atoms with van der Waals surface area (Å²) < 4.78 is 4.00. The summed E-state index contributed by atoms with van der Waals surface area (Å²) in [4.78, 5) is 19.4. The normalized spacial score (nSPS) is 8.12. The molecule has 8 heavy (non-hydrogen) atoms. The van der Waals surface area contributed by atoms with E-state index in [0.717, 1.165) is 6.92 Å². The summed E-state index contributed by atoms with van der Waals surface area (Å²) in [5, 5.41) is 9.52. The molecule has 0 aliphatic carbocycles. The van der Waals surface area contributed by atoms with Gasteiger partial charge < -0.3 is 4.74 Å². The molecule has 0 unspecified atom stereocenters. The minimum absolute atomic E-state index is 0.616. The number of esters is 1. The van der Waals surface area contributed by atoms with Gasteiger partial charge in [0.25, 0.3) is 0 Å². The molecule has 1 radical (unpaired) electrons. The molecule has 0 aromatic heterocycles. The average molecular weight is 117 g/mol. The zero-order chi connectivity index (χ0) is 6.57. The minimum Gasteiger partial charge on any atom is -0.454 e. The van der Waals surface area contributed by atoms with Crippen LogP contribution in [0.25, 0.3) is 0 Å². The monoisotopic (exact) mass is 117 g/mol. The molecule has 0 bridgehead atoms. The first-order valence-electron chi connectivity index (χ1n) is 1.96. The zero-order valence-corrected chi connectivity index (χ0v) is 4.34. The van der Waals surface area contributed by atoms with Gasteiger partial charge in [-0.2, -0.15) is 0 Å². The number of ether oxygens (including phenoxy) is 1. The van der Waals surface area contributed by atoms with Gasteiger partial charge in [-0.3, -0.25) is 4.79 Å². The number of carbonyl (C=O) groups excluding carboxylic acids is 2. The van der Waals surface area contributed by atoms with E-state index in [1.807, 2.05) is 0 Å². The maximum absolute atomic E-state index is 9.83. The Kier molecular flexibility index (Phi) is 2.61. The van der Waals surface area contributed by atoms with Crippen molar-refractivity contribution < 1.29 is 19.4 Å². The van der Waals surface area contributed by atoms with Crippen molar-refractivity contribution in [2.45, 2.75) is 6.92 Å². The second-order valence-corrected chi connectivity index (χ2v) is 1.15. The molecule has 0 saturated carbocycles. The van der Waals surface area contributed by atoms with Gasteiger partial charge in [-0.05, 0) is 0 Å². The van der Waals surface area contributed by atoms with Crippen LogP contribution in [0.2, 0.25) is 0 Å². The summed E-state index contributed by atoms with van der Waals surface area (Å²) in [6.45, 7) is 0.471. The van der Waals surface area contributed by atoms with Gasteiger partial charge in [0.1, 0.15) is 0 Å². The molecule has 0 N–H and O–H groups in total. The van der Waals surface area contributed by atoms with Crippen molar-refractivity contribution in [3.8, 4) is 0 Å². The van der Waals surface area contributed by atoms with E-state index in [2.05, 4.69) is 4.74 Å². The molecule has 0 aliphatic heterocycles. The maximum Gasteiger partial charge on any atom is 0.392 e. The molecule has 0 rings (SSSR count). The van der Waals surface area contributed by atoms with Crippen LogP contribution in [0.15, 0.2) is 0 Å². The predicted molar refractivity (Wildman–Crippen MR) is 22.3 cm³/mol. The second-order valence-electron chi connectivity index (χ2n) is 1.15. The highest BCUT2D eigenvalue weighted by molar-refractivity contribution is 5.73. The second kappa shape index (κ2) is 3.01. The van der Waals surface area contributed by atoms with Gasteiger partial charge in [-0.15, -0.1) is 0 Å². The van der Waals surface area contributed by atoms with Crippen LogP contribution in [-0.4, -0.2) is 18.5 Å². The predicted octanol–water partition coefficient (Wildman–Crippen LogP) is -0.493. The fourth-order valence-electron chi connectivity index (χ4n) is 0.161. The summed E-state index contributed by atoms with van der Waals surface area (Å²) in [5.41, 5.74) is 0. The molecule has 0 aliphatic rings. The number of hydrogen-bond donors (Lipinski definition) is 0. The molecule has 4 nitrogen and oxygen atoms in total. The van der Waals surface area contributed by atoms with Crippen LogP contribution in [0, 0.1) is 0 Å². The lowest BCUT2D eigenvalue weighted by Gasteiger charge is -1.90. The lowest BCUT2D eigenvalue weighted by atomic mass is 10.7. The van der Waals surface area contributed by atoms with Gasteiger partial charge in [-0.1, -0.05) is 0 Å². The minimum atomic E-state index is -1.39. The van der Waals surface area contributed by atoms with Gasteiger partial charge in [-0.25, -0.2) is 9.90 Å². The van der Waals surface area contributed by atoms with Crippen molar-refractivity contribution in [1.29, 1.82) is 0 Å². The Morgan fingerprint density at radius 2 is 2.00 bits per heavy atom. The summed E-state index contributed by atoms with van der Waals surface area (Å²) in [6, 6.07) is 0. The molecule has 0 spiro atoms. The smallest absolute Gasteiger partial charge is 0.392 e. The van der Waals surface area contributed by atoms with Crippen LogP contribution in [0.1, 0.15) is 6.92 Å². The van der Waals surface area contributed by atoms with Gasteiger partial charge in [0, 0.05) is 6.92 Å². The standard InChI is InChI=1S/C4H5O4/c1-3(5)8-2-4(6)7/h2H2,1H3. The quantitative estimate of drug-likeness (QED) is 0.458. The lowest BCUT2D eigenvalue weighted by molar-refractivity contribution is -0.157. The number of carbonyl (C=O) groups is 2. The largest absolute Gasteiger partial charge is 0.454 e. The third-order valence-electron chi connectivity index (χ3n) is 0.393. The Bertz CT molecular complexity index is 92.6. The van der Waals surface area contributed by atoms with Gasteiger partial charge in [0.15, 0.2) is 6.61 Å². The molecular formula is C4H5O4. The Labute approximate surface area is 46.1 Å². The van der Waals surface area contributed by atoms with Crippen molar-refractivity contribution in [2.24, 2.45) is 0 Å². The van der Waals surface area contributed by atoms with E-state index in [1.165, 1.54) is 0 Å². The highest BCUT2D eigenvalue weighted by Gasteiger charge is 1.99. The van der Waals surface area contributed by atoms with Crippen LogP contribution < -0.4 is 0 Å². The number of hydrogen-bond acceptors (Lipinski definition) is 3. The fourth-order valence-corrected chi connectivity index (χ4v) is 0.161. The van der Waals surface area contributed by atoms with Crippen LogP contribution in [0.4, 0.5) is 0 Å². The SMILES string of the molecule is CC(=O)OCC([O])=O. The van der Waals surface area contributed by atoms with Crippen molar-refractivity contribution in [2.75, 3.05) is 6.61 Å². The third kappa shape index (κ3) is 4.94. The maximum atomic E-state index is 9.83. The van der Waals surface area contributed by atoms with Gasteiger partial charge in [0.05, 0.1) is 0 Å². The summed E-state index contributed by atoms with van der Waals surface area (Å²) in [5.74, 6) is -2.01. The van der Waals surface area contributed by atoms with Crippen LogP contribution in [0.3, 0.4) is 0 Å². The van der Waals surface area contributed by atoms with Crippen molar-refractivity contribution in [1.82, 2.24) is 0 Å². The summed E-state index contributed by atoms with van der Waals surface area (Å²) in [7, 11) is 0. The van der Waals surface area contributed by atoms with Gasteiger partial charge in [0.2, 0.25) is 0 Å². The Balaban J connectivity index is 3.18. The van der Waals surface area contributed by atoms with Crippen molar-refractivity contribution in [3.63, 3.8) is 0 Å². The summed E-state index contributed by atoms with van der Waals surface area (Å²) >= 11 is 0. The molecule has 0 fully saturated rings. The first-order valence-corrected chi connectivity index (χ1v) is 1.96. The molecule has 0 saturated heterocycles. The van der Waals surface area contributed by atoms with Crippen molar-refractivity contribution >= 4 is 11.9 Å². The molecular weight excluding hydrogens is 112 g/mol. The van der Waals surface area contributed by atoms with Crippen LogP contribution in [0.5, 0.6) is 0 Å². The van der Waals surface area contributed by atoms with E-state index in [1.54, 1.807) is 0 Å². The first kappa shape index (κ1) is 6.94. The molecule has 0 heterocycles.